The van der Waals surface area contributed by atoms with Gasteiger partial charge in [0.25, 0.3) is 0 Å². The minimum atomic E-state index is 0.719. The molecule has 0 aliphatic heterocycles. The molecule has 2 aromatic carbocycles. The molecule has 0 heterocycles. The van der Waals surface area contributed by atoms with E-state index < -0.39 is 0 Å². The molecule has 1 fully saturated rings. The summed E-state index contributed by atoms with van der Waals surface area (Å²) in [6.45, 7) is 5.90. The Hall–Kier alpha value is -1.86. The Kier molecular flexibility index (Phi) is 9.02. The maximum atomic E-state index is 5.72. The van der Waals surface area contributed by atoms with Crippen LogP contribution in [0.15, 0.2) is 60.7 Å². The van der Waals surface area contributed by atoms with E-state index in [1.54, 1.807) is 0 Å². The van der Waals surface area contributed by atoms with Gasteiger partial charge in [-0.1, -0.05) is 74.0 Å². The van der Waals surface area contributed by atoms with Crippen molar-refractivity contribution in [1.82, 2.24) is 0 Å². The largest absolute Gasteiger partial charge is 0.377 e. The van der Waals surface area contributed by atoms with Gasteiger partial charge in [-0.3, -0.25) is 0 Å². The number of hydrogen-bond acceptors (Lipinski definition) is 1. The highest BCUT2D eigenvalue weighted by atomic mass is 16.5. The summed E-state index contributed by atoms with van der Waals surface area (Å²) >= 11 is 0. The number of unbranched alkanes of at least 4 members (excludes halogenated alkanes) is 1. The van der Waals surface area contributed by atoms with Crippen molar-refractivity contribution in [2.75, 3.05) is 6.61 Å². The van der Waals surface area contributed by atoms with E-state index in [0.29, 0.717) is 0 Å². The fourth-order valence-corrected chi connectivity index (χ4v) is 4.46. The van der Waals surface area contributed by atoms with Crippen molar-refractivity contribution < 1.29 is 4.74 Å². The molecule has 0 unspecified atom stereocenters. The second-order valence-electron chi connectivity index (χ2n) is 8.59. The van der Waals surface area contributed by atoms with Crippen LogP contribution >= 0.6 is 0 Å². The van der Waals surface area contributed by atoms with Crippen LogP contribution in [0.5, 0.6) is 0 Å². The monoisotopic (exact) mass is 390 g/mol. The van der Waals surface area contributed by atoms with Crippen molar-refractivity contribution in [3.8, 4) is 11.1 Å². The molecule has 1 aliphatic rings. The van der Waals surface area contributed by atoms with Crippen molar-refractivity contribution in [3.05, 3.63) is 71.8 Å². The smallest absolute Gasteiger partial charge is 0.0716 e. The first-order valence-electron chi connectivity index (χ1n) is 11.7. The van der Waals surface area contributed by atoms with Crippen molar-refractivity contribution in [2.24, 2.45) is 5.92 Å². The lowest BCUT2D eigenvalue weighted by atomic mass is 9.77. The summed E-state index contributed by atoms with van der Waals surface area (Å²) in [5.41, 5.74) is 5.39. The van der Waals surface area contributed by atoms with Crippen LogP contribution in [0, 0.1) is 5.92 Å². The second-order valence-corrected chi connectivity index (χ2v) is 8.59. The topological polar surface area (TPSA) is 9.23 Å². The van der Waals surface area contributed by atoms with Gasteiger partial charge in [-0.2, -0.15) is 0 Å². The van der Waals surface area contributed by atoms with E-state index in [9.17, 15) is 0 Å². The number of rotatable bonds is 10. The quantitative estimate of drug-likeness (QED) is 0.293. The van der Waals surface area contributed by atoms with Gasteiger partial charge < -0.3 is 4.74 Å². The van der Waals surface area contributed by atoms with Gasteiger partial charge in [0.1, 0.15) is 0 Å². The molecule has 1 saturated carbocycles. The Morgan fingerprint density at radius 1 is 0.897 bits per heavy atom. The van der Waals surface area contributed by atoms with Crippen molar-refractivity contribution in [1.29, 1.82) is 0 Å². The van der Waals surface area contributed by atoms with Crippen molar-refractivity contribution >= 4 is 0 Å². The molecule has 29 heavy (non-hydrogen) atoms. The third-order valence-electron chi connectivity index (χ3n) is 6.40. The number of allylic oxidation sites excluding steroid dienone is 2. The highest BCUT2D eigenvalue weighted by molar-refractivity contribution is 5.64. The summed E-state index contributed by atoms with van der Waals surface area (Å²) in [6.07, 6.45) is 14.9. The summed E-state index contributed by atoms with van der Waals surface area (Å²) in [4.78, 5) is 0. The summed E-state index contributed by atoms with van der Waals surface area (Å²) < 4.78 is 5.72. The van der Waals surface area contributed by atoms with Gasteiger partial charge in [0.2, 0.25) is 0 Å². The van der Waals surface area contributed by atoms with Gasteiger partial charge in [0.05, 0.1) is 6.61 Å². The van der Waals surface area contributed by atoms with Crippen LogP contribution in [0.25, 0.3) is 11.1 Å². The Morgan fingerprint density at radius 2 is 1.55 bits per heavy atom. The van der Waals surface area contributed by atoms with Crippen LogP contribution in [0.3, 0.4) is 0 Å². The predicted molar refractivity (Wildman–Crippen MR) is 125 cm³/mol. The minimum Gasteiger partial charge on any atom is -0.377 e. The van der Waals surface area contributed by atoms with Gasteiger partial charge in [-0.25, -0.2) is 0 Å². The van der Waals surface area contributed by atoms with E-state index in [1.807, 2.05) is 0 Å². The molecule has 1 heteroatoms. The lowest BCUT2D eigenvalue weighted by molar-refractivity contribution is 0.118. The lowest BCUT2D eigenvalue weighted by Gasteiger charge is -2.28. The standard InChI is InChI=1S/C28H38O/c1-3-5-7-8-23-9-13-25(14-10-23)27-17-19-28(20-18-27)26-15-11-24(12-16-26)22-29-21-6-4-2/h3,5,11-12,15-20,23,25H,4,6-10,13-14,21-22H2,1-2H3. The van der Waals surface area contributed by atoms with E-state index in [0.717, 1.165) is 31.5 Å². The molecule has 0 amide bonds. The highest BCUT2D eigenvalue weighted by Gasteiger charge is 2.21. The minimum absolute atomic E-state index is 0.719. The molecule has 0 saturated heterocycles. The molecule has 1 aliphatic carbocycles. The van der Waals surface area contributed by atoms with Crippen molar-refractivity contribution in [2.45, 2.75) is 77.7 Å². The molecule has 156 valence electrons. The van der Waals surface area contributed by atoms with Gasteiger partial charge in [0, 0.05) is 6.61 Å². The summed E-state index contributed by atoms with van der Waals surface area (Å²) in [6, 6.07) is 18.2. The fraction of sp³-hybridized carbons (Fsp3) is 0.500. The van der Waals surface area contributed by atoms with Gasteiger partial charge in [0.15, 0.2) is 0 Å². The molecular weight excluding hydrogens is 352 g/mol. The number of benzene rings is 2. The van der Waals surface area contributed by atoms with Crippen LogP contribution < -0.4 is 0 Å². The zero-order valence-electron chi connectivity index (χ0n) is 18.4. The van der Waals surface area contributed by atoms with Gasteiger partial charge >= 0.3 is 0 Å². The maximum absolute atomic E-state index is 5.72. The fourth-order valence-electron chi connectivity index (χ4n) is 4.46. The lowest BCUT2D eigenvalue weighted by Crippen LogP contribution is -2.13. The van der Waals surface area contributed by atoms with Crippen LogP contribution in [0.2, 0.25) is 0 Å². The first-order valence-corrected chi connectivity index (χ1v) is 11.7. The van der Waals surface area contributed by atoms with Crippen LogP contribution in [-0.4, -0.2) is 6.61 Å². The molecule has 0 spiro atoms. The third kappa shape index (κ3) is 6.85. The predicted octanol–water partition coefficient (Wildman–Crippen LogP) is 8.30. The molecule has 0 atom stereocenters. The maximum Gasteiger partial charge on any atom is 0.0716 e. The molecule has 0 radical (unpaired) electrons. The number of ether oxygens (including phenoxy) is 1. The Morgan fingerprint density at radius 3 is 2.17 bits per heavy atom. The molecular formula is C28H38O. The Labute approximate surface area is 178 Å². The van der Waals surface area contributed by atoms with Crippen molar-refractivity contribution in [3.63, 3.8) is 0 Å². The first-order chi connectivity index (χ1) is 14.3. The molecule has 2 aromatic rings. The van der Waals surface area contributed by atoms with E-state index >= 15 is 0 Å². The number of hydrogen-bond donors (Lipinski definition) is 0. The summed E-state index contributed by atoms with van der Waals surface area (Å²) in [7, 11) is 0. The van der Waals surface area contributed by atoms with E-state index in [1.165, 1.54) is 67.2 Å². The average Bonchev–Trinajstić information content (AvgIpc) is 2.78. The average molecular weight is 391 g/mol. The Bertz CT molecular complexity index is 718. The zero-order valence-corrected chi connectivity index (χ0v) is 18.4. The molecule has 1 nitrogen and oxygen atoms in total. The summed E-state index contributed by atoms with van der Waals surface area (Å²) in [5, 5.41) is 0. The van der Waals surface area contributed by atoms with Crippen LogP contribution in [0.1, 0.15) is 82.3 Å². The van der Waals surface area contributed by atoms with Crippen LogP contribution in [0.4, 0.5) is 0 Å². The molecule has 0 aromatic heterocycles. The van der Waals surface area contributed by atoms with E-state index in [2.05, 4.69) is 74.5 Å². The first kappa shape index (κ1) is 21.8. The zero-order chi connectivity index (χ0) is 20.3. The second kappa shape index (κ2) is 12.0. The molecule has 0 bridgehead atoms. The normalized spacial score (nSPS) is 19.7. The molecule has 3 rings (SSSR count). The SMILES string of the molecule is CC=CCCC1CCC(c2ccc(-c3ccc(COCCCC)cc3)cc2)CC1. The molecule has 0 N–H and O–H groups in total. The highest BCUT2D eigenvalue weighted by Crippen LogP contribution is 2.38. The third-order valence-corrected chi connectivity index (χ3v) is 6.40. The van der Waals surface area contributed by atoms with Gasteiger partial charge in [-0.05, 0) is 86.0 Å². The van der Waals surface area contributed by atoms with Crippen LogP contribution in [-0.2, 0) is 11.3 Å². The van der Waals surface area contributed by atoms with E-state index in [-0.39, 0.29) is 0 Å². The Balaban J connectivity index is 1.50. The van der Waals surface area contributed by atoms with Gasteiger partial charge in [-0.15, -0.1) is 0 Å². The van der Waals surface area contributed by atoms with E-state index in [4.69, 9.17) is 4.74 Å². The summed E-state index contributed by atoms with van der Waals surface area (Å²) in [5.74, 6) is 1.69.